The number of nitrogens with zero attached hydrogens (tertiary/aromatic N) is 2. The van der Waals surface area contributed by atoms with Crippen LogP contribution in [0.15, 0.2) is 4.79 Å². The van der Waals surface area contributed by atoms with E-state index in [4.69, 9.17) is 0 Å². The molecule has 1 atom stereocenters. The Balaban J connectivity index is 2.11. The summed E-state index contributed by atoms with van der Waals surface area (Å²) in [6.07, 6.45) is 0.212. The van der Waals surface area contributed by atoms with Gasteiger partial charge in [0, 0.05) is 23.7 Å². The minimum atomic E-state index is -0.416. The number of likely N-dealkylation sites (tertiary alicyclic amines) is 1. The molecule has 94 valence electrons. The van der Waals surface area contributed by atoms with Crippen LogP contribution >= 0.6 is 11.3 Å². The first kappa shape index (κ1) is 12.3. The number of aliphatic hydroxyl groups excluding tert-OH is 1. The summed E-state index contributed by atoms with van der Waals surface area (Å²) in [4.78, 5) is 26.0. The second kappa shape index (κ2) is 4.62. The van der Waals surface area contributed by atoms with Gasteiger partial charge in [-0.25, -0.2) is 0 Å². The second-order valence-corrected chi connectivity index (χ2v) is 5.54. The summed E-state index contributed by atoms with van der Waals surface area (Å²) in [5.74, 6) is -0.0930. The molecule has 1 fully saturated rings. The van der Waals surface area contributed by atoms with Gasteiger partial charge in [0.15, 0.2) is 0 Å². The largest absolute Gasteiger partial charge is 0.391 e. The third kappa shape index (κ3) is 2.42. The minimum absolute atomic E-state index is 0.0850. The number of carbonyl (C=O) groups excluding carboxylic acids is 1. The highest BCUT2D eigenvalue weighted by Gasteiger charge is 2.25. The zero-order valence-corrected chi connectivity index (χ0v) is 10.8. The predicted molar refractivity (Wildman–Crippen MR) is 65.3 cm³/mol. The van der Waals surface area contributed by atoms with Crippen LogP contribution in [0.3, 0.4) is 0 Å². The van der Waals surface area contributed by atoms with Crippen LogP contribution in [-0.2, 0) is 11.3 Å². The number of hydrogen-bond acceptors (Lipinski definition) is 4. The molecular weight excluding hydrogens is 240 g/mol. The van der Waals surface area contributed by atoms with Gasteiger partial charge in [0.25, 0.3) is 0 Å². The number of β-amino-alcohol motifs (C(OH)–C–C–N with tert-alkyl or cyclic N) is 1. The Labute approximate surface area is 103 Å². The van der Waals surface area contributed by atoms with Crippen molar-refractivity contribution in [2.24, 2.45) is 0 Å². The monoisotopic (exact) mass is 256 g/mol. The van der Waals surface area contributed by atoms with Crippen molar-refractivity contribution in [2.45, 2.75) is 32.9 Å². The van der Waals surface area contributed by atoms with Crippen LogP contribution in [-0.4, -0.2) is 39.7 Å². The Hall–Kier alpha value is -1.14. The van der Waals surface area contributed by atoms with E-state index in [-0.39, 0.29) is 17.3 Å². The van der Waals surface area contributed by atoms with E-state index in [2.05, 4.69) is 0 Å². The summed E-state index contributed by atoms with van der Waals surface area (Å²) in [6.45, 7) is 4.77. The maximum atomic E-state index is 11.9. The van der Waals surface area contributed by atoms with Crippen LogP contribution in [0, 0.1) is 13.8 Å². The van der Waals surface area contributed by atoms with Gasteiger partial charge in [0.1, 0.15) is 6.54 Å². The number of carbonyl (C=O) groups is 1. The summed E-state index contributed by atoms with van der Waals surface area (Å²) < 4.78 is 1.51. The van der Waals surface area contributed by atoms with Crippen LogP contribution in [0.5, 0.6) is 0 Å². The minimum Gasteiger partial charge on any atom is -0.391 e. The summed E-state index contributed by atoms with van der Waals surface area (Å²) >= 11 is 1.17. The van der Waals surface area contributed by atoms with Crippen LogP contribution in [0.4, 0.5) is 0 Å². The Morgan fingerprint density at radius 1 is 1.53 bits per heavy atom. The lowest BCUT2D eigenvalue weighted by atomic mass is 10.3. The summed E-state index contributed by atoms with van der Waals surface area (Å²) in [5, 5.41) is 9.37. The first-order valence-corrected chi connectivity index (χ1v) is 6.43. The van der Waals surface area contributed by atoms with E-state index in [0.29, 0.717) is 19.5 Å². The van der Waals surface area contributed by atoms with Crippen LogP contribution < -0.4 is 4.87 Å². The molecule has 1 N–H and O–H groups in total. The molecule has 0 aromatic carbocycles. The summed E-state index contributed by atoms with van der Waals surface area (Å²) in [7, 11) is 0. The molecule has 17 heavy (non-hydrogen) atoms. The smallest absolute Gasteiger partial charge is 0.308 e. The van der Waals surface area contributed by atoms with Crippen LogP contribution in [0.2, 0.25) is 0 Å². The highest BCUT2D eigenvalue weighted by Crippen LogP contribution is 2.12. The van der Waals surface area contributed by atoms with Crippen molar-refractivity contribution in [3.05, 3.63) is 20.2 Å². The molecule has 0 bridgehead atoms. The Morgan fingerprint density at radius 2 is 2.24 bits per heavy atom. The van der Waals surface area contributed by atoms with Gasteiger partial charge in [0.2, 0.25) is 5.91 Å². The van der Waals surface area contributed by atoms with Crippen molar-refractivity contribution in [1.29, 1.82) is 0 Å². The maximum Gasteiger partial charge on any atom is 0.308 e. The Kier molecular flexibility index (Phi) is 3.35. The lowest BCUT2D eigenvalue weighted by molar-refractivity contribution is -0.131. The fourth-order valence-corrected chi connectivity index (χ4v) is 2.81. The number of aromatic nitrogens is 1. The van der Waals surface area contributed by atoms with E-state index in [9.17, 15) is 14.7 Å². The van der Waals surface area contributed by atoms with E-state index >= 15 is 0 Å². The van der Waals surface area contributed by atoms with E-state index in [0.717, 1.165) is 10.6 Å². The first-order chi connectivity index (χ1) is 7.99. The number of rotatable bonds is 2. The number of thiazole rings is 1. The van der Waals surface area contributed by atoms with Gasteiger partial charge >= 0.3 is 4.87 Å². The van der Waals surface area contributed by atoms with E-state index < -0.39 is 6.10 Å². The highest BCUT2D eigenvalue weighted by molar-refractivity contribution is 7.09. The predicted octanol–water partition coefficient (Wildman–Crippen LogP) is 0.120. The molecule has 5 nitrogen and oxygen atoms in total. The lowest BCUT2D eigenvalue weighted by Crippen LogP contribution is -2.34. The average Bonchev–Trinajstić information content (AvgIpc) is 2.79. The molecule has 0 aliphatic carbocycles. The van der Waals surface area contributed by atoms with Gasteiger partial charge < -0.3 is 10.0 Å². The molecule has 2 rings (SSSR count). The molecule has 0 saturated carbocycles. The third-order valence-electron chi connectivity index (χ3n) is 3.18. The number of hydrogen-bond donors (Lipinski definition) is 1. The van der Waals surface area contributed by atoms with Crippen molar-refractivity contribution in [3.63, 3.8) is 0 Å². The van der Waals surface area contributed by atoms with Crippen LogP contribution in [0.1, 0.15) is 17.0 Å². The summed E-state index contributed by atoms with van der Waals surface area (Å²) in [6, 6.07) is 0. The highest BCUT2D eigenvalue weighted by atomic mass is 32.1. The molecular formula is C11H16N2O3S. The van der Waals surface area contributed by atoms with E-state index in [1.807, 2.05) is 13.8 Å². The Bertz CT molecular complexity index is 491. The molecule has 2 heterocycles. The number of aliphatic hydroxyl groups is 1. The molecule has 1 amide bonds. The molecule has 0 unspecified atom stereocenters. The first-order valence-electron chi connectivity index (χ1n) is 5.61. The van der Waals surface area contributed by atoms with Gasteiger partial charge in [-0.1, -0.05) is 11.3 Å². The molecule has 0 spiro atoms. The molecule has 0 radical (unpaired) electrons. The number of aryl methyl sites for hydroxylation is 1. The molecule has 1 aromatic heterocycles. The zero-order chi connectivity index (χ0) is 12.6. The summed E-state index contributed by atoms with van der Waals surface area (Å²) in [5.41, 5.74) is 0.855. The van der Waals surface area contributed by atoms with Gasteiger partial charge in [-0.3, -0.25) is 14.2 Å². The van der Waals surface area contributed by atoms with E-state index in [1.165, 1.54) is 15.9 Å². The van der Waals surface area contributed by atoms with Crippen molar-refractivity contribution < 1.29 is 9.90 Å². The van der Waals surface area contributed by atoms with Gasteiger partial charge in [-0.05, 0) is 20.3 Å². The standard InChI is InChI=1S/C11H16N2O3S/c1-7-8(2)17-11(16)13(7)6-10(15)12-4-3-9(14)5-12/h9,14H,3-6H2,1-2H3/t9-/m1/s1. The van der Waals surface area contributed by atoms with Crippen molar-refractivity contribution in [2.75, 3.05) is 13.1 Å². The molecule has 1 aromatic rings. The molecule has 1 aliphatic rings. The fraction of sp³-hybridized carbons (Fsp3) is 0.636. The Morgan fingerprint density at radius 3 is 2.71 bits per heavy atom. The zero-order valence-electron chi connectivity index (χ0n) is 9.97. The second-order valence-electron chi connectivity index (χ2n) is 4.38. The van der Waals surface area contributed by atoms with Crippen LogP contribution in [0.25, 0.3) is 0 Å². The SMILES string of the molecule is Cc1sc(=O)n(CC(=O)N2CC[C@@H](O)C2)c1C. The van der Waals surface area contributed by atoms with Crippen molar-refractivity contribution in [3.8, 4) is 0 Å². The molecule has 1 aliphatic heterocycles. The maximum absolute atomic E-state index is 11.9. The number of amides is 1. The van der Waals surface area contributed by atoms with E-state index in [1.54, 1.807) is 4.90 Å². The van der Waals surface area contributed by atoms with Gasteiger partial charge in [-0.15, -0.1) is 0 Å². The molecule has 1 saturated heterocycles. The topological polar surface area (TPSA) is 62.5 Å². The van der Waals surface area contributed by atoms with Crippen molar-refractivity contribution in [1.82, 2.24) is 9.47 Å². The average molecular weight is 256 g/mol. The quantitative estimate of drug-likeness (QED) is 0.817. The third-order valence-corrected chi connectivity index (χ3v) is 4.18. The molecule has 6 heteroatoms. The van der Waals surface area contributed by atoms with Crippen molar-refractivity contribution >= 4 is 17.2 Å². The van der Waals surface area contributed by atoms with Gasteiger partial charge in [0.05, 0.1) is 6.10 Å². The lowest BCUT2D eigenvalue weighted by Gasteiger charge is -2.16. The normalized spacial score (nSPS) is 19.9. The fourth-order valence-electron chi connectivity index (χ4n) is 1.97. The van der Waals surface area contributed by atoms with Gasteiger partial charge in [-0.2, -0.15) is 0 Å².